The Kier molecular flexibility index (Phi) is 12.3. The van der Waals surface area contributed by atoms with E-state index in [0.29, 0.717) is 19.8 Å². The Bertz CT molecular complexity index is 1710. The molecule has 4 aromatic rings. The summed E-state index contributed by atoms with van der Waals surface area (Å²) in [4.78, 5) is 0. The lowest BCUT2D eigenvalue weighted by atomic mass is 9.86. The molecule has 0 radical (unpaired) electrons. The third kappa shape index (κ3) is 7.38. The molecule has 0 saturated carbocycles. The fraction of sp³-hybridized carbons (Fsp3) is 0.500. The highest BCUT2D eigenvalue weighted by molar-refractivity contribution is 6.01. The Labute approximate surface area is 323 Å². The quantitative estimate of drug-likeness (QED) is 0.0686. The topological polar surface area (TPSA) is 55.4 Å². The van der Waals surface area contributed by atoms with E-state index in [1.165, 1.54) is 125 Å². The number of rotatable bonds is 21. The average Bonchev–Trinajstić information content (AvgIpc) is 3.86. The van der Waals surface area contributed by atoms with Crippen LogP contribution in [0.2, 0.25) is 0 Å². The van der Waals surface area contributed by atoms with Gasteiger partial charge in [-0.05, 0) is 142 Å². The van der Waals surface area contributed by atoms with E-state index in [2.05, 4.69) is 57.2 Å². The fourth-order valence-electron chi connectivity index (χ4n) is 8.89. The van der Waals surface area contributed by atoms with Gasteiger partial charge in [0.05, 0.1) is 41.2 Å². The van der Waals surface area contributed by atoms with Crippen LogP contribution in [0.5, 0.6) is 34.5 Å². The summed E-state index contributed by atoms with van der Waals surface area (Å²) in [7, 11) is 5.26. The number of methoxy groups -OCH3 is 3. The fourth-order valence-corrected chi connectivity index (χ4v) is 8.89. The SMILES string of the molecule is CCCCCCOc1cc2c(cc1OC)Cc1c-2c2c(c3c1-c1cc(OCCCCCC)c(OC)cc1C3)-c1cc(OCCCCCC)c(OC)cc1C2. The second-order valence-corrected chi connectivity index (χ2v) is 15.3. The first kappa shape index (κ1) is 38.0. The summed E-state index contributed by atoms with van der Waals surface area (Å²) in [6.07, 6.45) is 16.5. The van der Waals surface area contributed by atoms with Gasteiger partial charge in [-0.3, -0.25) is 0 Å². The van der Waals surface area contributed by atoms with Crippen molar-refractivity contribution in [2.75, 3.05) is 41.2 Å². The Morgan fingerprint density at radius 2 is 0.667 bits per heavy atom. The first-order valence-electron chi connectivity index (χ1n) is 20.8. The second-order valence-electron chi connectivity index (χ2n) is 15.3. The number of hydrogen-bond acceptors (Lipinski definition) is 6. The van der Waals surface area contributed by atoms with Crippen LogP contribution in [0.15, 0.2) is 36.4 Å². The van der Waals surface area contributed by atoms with E-state index < -0.39 is 0 Å². The second kappa shape index (κ2) is 17.4. The van der Waals surface area contributed by atoms with Crippen LogP contribution in [-0.2, 0) is 19.3 Å². The summed E-state index contributed by atoms with van der Waals surface area (Å²) < 4.78 is 37.3. The Morgan fingerprint density at radius 3 is 0.926 bits per heavy atom. The number of hydrogen-bond donors (Lipinski definition) is 0. The maximum atomic E-state index is 6.47. The number of unbranched alkanes of at least 4 members (excludes halogenated alkanes) is 9. The molecule has 0 fully saturated rings. The van der Waals surface area contributed by atoms with Crippen LogP contribution < -0.4 is 28.4 Å². The molecule has 6 nitrogen and oxygen atoms in total. The monoisotopic (exact) mass is 732 g/mol. The first-order valence-corrected chi connectivity index (χ1v) is 20.8. The minimum absolute atomic E-state index is 0.688. The van der Waals surface area contributed by atoms with Crippen LogP contribution in [0.25, 0.3) is 33.4 Å². The molecular formula is C48H60O6. The van der Waals surface area contributed by atoms with Gasteiger partial charge in [0, 0.05) is 0 Å². The van der Waals surface area contributed by atoms with Crippen molar-refractivity contribution in [2.24, 2.45) is 0 Å². The smallest absolute Gasteiger partial charge is 0.161 e. The molecule has 54 heavy (non-hydrogen) atoms. The van der Waals surface area contributed by atoms with Gasteiger partial charge >= 0.3 is 0 Å². The molecule has 3 aliphatic carbocycles. The lowest BCUT2D eigenvalue weighted by Gasteiger charge is -2.18. The zero-order valence-electron chi connectivity index (χ0n) is 33.6. The summed E-state index contributed by atoms with van der Waals surface area (Å²) in [5.74, 6) is 4.91. The molecule has 7 rings (SSSR count). The zero-order valence-corrected chi connectivity index (χ0v) is 33.6. The van der Waals surface area contributed by atoms with Gasteiger partial charge < -0.3 is 28.4 Å². The van der Waals surface area contributed by atoms with Gasteiger partial charge in [0.25, 0.3) is 0 Å². The first-order chi connectivity index (χ1) is 26.5. The van der Waals surface area contributed by atoms with Crippen molar-refractivity contribution < 1.29 is 28.4 Å². The highest BCUT2D eigenvalue weighted by Gasteiger charge is 2.39. The summed E-state index contributed by atoms with van der Waals surface area (Å²) in [5.41, 5.74) is 15.9. The molecule has 0 aromatic heterocycles. The van der Waals surface area contributed by atoms with E-state index in [1.807, 2.05) is 0 Å². The van der Waals surface area contributed by atoms with Crippen LogP contribution >= 0.6 is 0 Å². The standard InChI is InChI=1S/C48H60O6/c1-7-10-13-16-19-52-43-28-34-31(25-40(43)49-4)22-37-46(34)38-23-32-26-41(50-5)44(53-20-17-14-11-8-2)29-35(32)48(38)39-24-33-27-42(51-6)45(30-36(33)47(37)39)54-21-18-15-12-9-3/h25-30H,7-24H2,1-6H3. The van der Waals surface area contributed by atoms with E-state index in [4.69, 9.17) is 28.4 Å². The summed E-state index contributed by atoms with van der Waals surface area (Å²) >= 11 is 0. The van der Waals surface area contributed by atoms with E-state index >= 15 is 0 Å². The molecule has 0 atom stereocenters. The van der Waals surface area contributed by atoms with Crippen molar-refractivity contribution in [3.8, 4) is 67.9 Å². The van der Waals surface area contributed by atoms with Crippen molar-refractivity contribution >= 4 is 0 Å². The molecule has 288 valence electrons. The van der Waals surface area contributed by atoms with Crippen LogP contribution in [0.3, 0.4) is 0 Å². The molecular weight excluding hydrogens is 673 g/mol. The van der Waals surface area contributed by atoms with Gasteiger partial charge in [-0.2, -0.15) is 0 Å². The highest BCUT2D eigenvalue weighted by Crippen LogP contribution is 2.59. The molecule has 6 heteroatoms. The lowest BCUT2D eigenvalue weighted by molar-refractivity contribution is 0.285. The maximum Gasteiger partial charge on any atom is 0.161 e. The molecule has 0 unspecified atom stereocenters. The molecule has 0 amide bonds. The molecule has 4 aromatic carbocycles. The molecule has 0 aliphatic heterocycles. The average molecular weight is 733 g/mol. The molecule has 0 bridgehead atoms. The summed E-state index contributed by atoms with van der Waals surface area (Å²) in [6.45, 7) is 8.79. The van der Waals surface area contributed by atoms with Crippen LogP contribution in [0.1, 0.15) is 131 Å². The van der Waals surface area contributed by atoms with E-state index in [0.717, 1.165) is 73.0 Å². The minimum atomic E-state index is 0.688. The van der Waals surface area contributed by atoms with Gasteiger partial charge in [0.1, 0.15) is 0 Å². The number of benzene rings is 4. The molecule has 0 heterocycles. The van der Waals surface area contributed by atoms with Gasteiger partial charge in [0.15, 0.2) is 34.5 Å². The van der Waals surface area contributed by atoms with Crippen LogP contribution in [0.4, 0.5) is 0 Å². The van der Waals surface area contributed by atoms with Gasteiger partial charge in [-0.15, -0.1) is 0 Å². The molecule has 0 N–H and O–H groups in total. The molecule has 0 spiro atoms. The summed E-state index contributed by atoms with van der Waals surface area (Å²) in [5, 5.41) is 0. The molecule has 3 aliphatic rings. The summed E-state index contributed by atoms with van der Waals surface area (Å²) in [6, 6.07) is 13.4. The zero-order chi connectivity index (χ0) is 37.6. The predicted octanol–water partition coefficient (Wildman–Crippen LogP) is 12.3. The number of fused-ring (bicyclic) bond motifs is 12. The number of ether oxygens (including phenoxy) is 6. The van der Waals surface area contributed by atoms with Gasteiger partial charge in [0.2, 0.25) is 0 Å². The lowest BCUT2D eigenvalue weighted by Crippen LogP contribution is -2.01. The minimum Gasteiger partial charge on any atom is -0.493 e. The van der Waals surface area contributed by atoms with Crippen molar-refractivity contribution in [3.05, 3.63) is 69.8 Å². The molecule has 0 saturated heterocycles. The van der Waals surface area contributed by atoms with E-state index in [-0.39, 0.29) is 0 Å². The third-order valence-electron chi connectivity index (χ3n) is 11.7. The largest absolute Gasteiger partial charge is 0.493 e. The van der Waals surface area contributed by atoms with E-state index in [1.54, 1.807) is 21.3 Å². The van der Waals surface area contributed by atoms with Crippen molar-refractivity contribution in [1.82, 2.24) is 0 Å². The van der Waals surface area contributed by atoms with Crippen molar-refractivity contribution in [2.45, 2.75) is 117 Å². The van der Waals surface area contributed by atoms with Crippen molar-refractivity contribution in [3.63, 3.8) is 0 Å². The van der Waals surface area contributed by atoms with Crippen LogP contribution in [0, 0.1) is 0 Å². The Balaban J connectivity index is 1.35. The maximum absolute atomic E-state index is 6.47. The highest BCUT2D eigenvalue weighted by atomic mass is 16.5. The Morgan fingerprint density at radius 1 is 0.370 bits per heavy atom. The normalized spacial score (nSPS) is 12.8. The van der Waals surface area contributed by atoms with Crippen molar-refractivity contribution in [1.29, 1.82) is 0 Å². The Hall–Kier alpha value is -4.32. The van der Waals surface area contributed by atoms with Gasteiger partial charge in [-0.25, -0.2) is 0 Å². The van der Waals surface area contributed by atoms with Gasteiger partial charge in [-0.1, -0.05) is 78.6 Å². The van der Waals surface area contributed by atoms with Crippen LogP contribution in [-0.4, -0.2) is 41.2 Å². The third-order valence-corrected chi connectivity index (χ3v) is 11.7. The predicted molar refractivity (Wildman–Crippen MR) is 220 cm³/mol. The van der Waals surface area contributed by atoms with E-state index in [9.17, 15) is 0 Å².